The molecule has 4 aromatic carbocycles. The molecule has 0 atom stereocenters. The first-order valence-corrected chi connectivity index (χ1v) is 13.0. The van der Waals surface area contributed by atoms with E-state index in [1.165, 1.54) is 0 Å². The maximum absolute atomic E-state index is 13.6. The van der Waals surface area contributed by atoms with Crippen molar-refractivity contribution in [3.8, 4) is 23.0 Å². The smallest absolute Gasteiger partial charge is 0.164 e. The molecule has 7 heteroatoms. The summed E-state index contributed by atoms with van der Waals surface area (Å²) in [6.07, 6.45) is 1.04. The Kier molecular flexibility index (Phi) is 5.86. The molecule has 0 spiro atoms. The van der Waals surface area contributed by atoms with Crippen LogP contribution in [0.3, 0.4) is 0 Å². The highest BCUT2D eigenvalue weighted by atomic mass is 32.2. The molecule has 0 saturated carbocycles. The molecule has 35 heavy (non-hydrogen) atoms. The highest BCUT2D eigenvalue weighted by molar-refractivity contribution is 7.92. The number of nitrogens with two attached hydrogens (primary N) is 2. The van der Waals surface area contributed by atoms with Crippen molar-refractivity contribution in [3.63, 3.8) is 0 Å². The second kappa shape index (κ2) is 9.00. The molecule has 4 N–H and O–H groups in total. The van der Waals surface area contributed by atoms with Crippen LogP contribution >= 0.6 is 0 Å². The summed E-state index contributed by atoms with van der Waals surface area (Å²) in [4.78, 5) is 0. The van der Waals surface area contributed by atoms with Crippen molar-refractivity contribution in [2.45, 2.75) is 17.6 Å². The second-order valence-corrected chi connectivity index (χ2v) is 11.0. The van der Waals surface area contributed by atoms with Gasteiger partial charge in [-0.1, -0.05) is 36.4 Å². The lowest BCUT2D eigenvalue weighted by Gasteiger charge is -2.30. The molecule has 0 amide bonds. The lowest BCUT2D eigenvalue weighted by molar-refractivity contribution is 0.478. The summed E-state index contributed by atoms with van der Waals surface area (Å²) >= 11 is 0. The van der Waals surface area contributed by atoms with Crippen molar-refractivity contribution in [3.05, 3.63) is 108 Å². The fourth-order valence-electron chi connectivity index (χ4n) is 4.71. The van der Waals surface area contributed by atoms with Gasteiger partial charge in [-0.05, 0) is 72.5 Å². The van der Waals surface area contributed by atoms with Crippen LogP contribution in [-0.2, 0) is 14.6 Å². The number of anilines is 2. The molecule has 1 aliphatic heterocycles. The molecule has 6 nitrogen and oxygen atoms in total. The zero-order chi connectivity index (χ0) is 24.5. The Hall–Kier alpha value is -3.97. The van der Waals surface area contributed by atoms with E-state index in [0.29, 0.717) is 58.3 Å². The number of ether oxygens (including phenoxy) is 2. The van der Waals surface area contributed by atoms with E-state index in [2.05, 4.69) is 0 Å². The first-order chi connectivity index (χ1) is 16.9. The normalized spacial score (nSPS) is 16.0. The Morgan fingerprint density at radius 1 is 0.629 bits per heavy atom. The molecule has 1 saturated heterocycles. The largest absolute Gasteiger partial charge is 0.457 e. The summed E-state index contributed by atoms with van der Waals surface area (Å²) in [5, 5.41) is 0. The highest BCUT2D eigenvalue weighted by Gasteiger charge is 2.50. The predicted octanol–water partition coefficient (Wildman–Crippen LogP) is 5.89. The van der Waals surface area contributed by atoms with Crippen LogP contribution in [0.15, 0.2) is 97.1 Å². The predicted molar refractivity (Wildman–Crippen MR) is 139 cm³/mol. The van der Waals surface area contributed by atoms with Gasteiger partial charge in [0.15, 0.2) is 9.84 Å². The number of nitrogen functional groups attached to an aromatic ring is 2. The minimum atomic E-state index is -3.50. The van der Waals surface area contributed by atoms with E-state index in [9.17, 15) is 8.42 Å². The van der Waals surface area contributed by atoms with E-state index in [0.717, 1.165) is 0 Å². The molecule has 0 bridgehead atoms. The SMILES string of the molecule is Nc1cccc(Oc2cccc(C3(c4cccc(Oc5cccc(N)c5)c4)CCCS3(=O)=O)c2)c1. The van der Waals surface area contributed by atoms with E-state index in [1.54, 1.807) is 48.5 Å². The minimum absolute atomic E-state index is 0.119. The zero-order valence-electron chi connectivity index (χ0n) is 19.1. The lowest BCUT2D eigenvalue weighted by atomic mass is 9.86. The topological polar surface area (TPSA) is 105 Å². The van der Waals surface area contributed by atoms with Crippen LogP contribution in [0.4, 0.5) is 11.4 Å². The summed E-state index contributed by atoms with van der Waals surface area (Å²) in [6.45, 7) is 0. The molecular formula is C28H26N2O4S. The molecular weight excluding hydrogens is 460 g/mol. The van der Waals surface area contributed by atoms with Gasteiger partial charge in [0.2, 0.25) is 0 Å². The van der Waals surface area contributed by atoms with Crippen molar-refractivity contribution >= 4 is 21.2 Å². The van der Waals surface area contributed by atoms with E-state index in [4.69, 9.17) is 20.9 Å². The van der Waals surface area contributed by atoms with Gasteiger partial charge in [-0.2, -0.15) is 0 Å². The Morgan fingerprint density at radius 3 is 1.46 bits per heavy atom. The van der Waals surface area contributed by atoms with Gasteiger partial charge in [-0.3, -0.25) is 0 Å². The summed E-state index contributed by atoms with van der Waals surface area (Å²) in [6, 6.07) is 28.8. The minimum Gasteiger partial charge on any atom is -0.457 e. The van der Waals surface area contributed by atoms with Crippen LogP contribution < -0.4 is 20.9 Å². The van der Waals surface area contributed by atoms with Crippen LogP contribution in [0.2, 0.25) is 0 Å². The monoisotopic (exact) mass is 486 g/mol. The van der Waals surface area contributed by atoms with E-state index < -0.39 is 14.6 Å². The first kappa shape index (κ1) is 22.8. The highest BCUT2D eigenvalue weighted by Crippen LogP contribution is 2.48. The molecule has 1 fully saturated rings. The third kappa shape index (κ3) is 4.42. The van der Waals surface area contributed by atoms with E-state index in [1.807, 2.05) is 48.5 Å². The summed E-state index contributed by atoms with van der Waals surface area (Å²) in [7, 11) is -3.50. The molecule has 0 radical (unpaired) electrons. The molecule has 178 valence electrons. The van der Waals surface area contributed by atoms with Gasteiger partial charge in [0.1, 0.15) is 27.7 Å². The standard InChI is InChI=1S/C28H26N2O4S/c29-22-8-3-12-26(18-22)33-24-10-1-6-20(16-24)28(14-5-15-35(28,31)32)21-7-2-11-25(17-21)34-27-13-4-9-23(30)19-27/h1-4,6-13,16-19H,5,14-15,29-30H2. The Morgan fingerprint density at radius 2 is 1.06 bits per heavy atom. The van der Waals surface area contributed by atoms with Gasteiger partial charge in [0.05, 0.1) is 5.75 Å². The molecule has 4 aromatic rings. The Bertz CT molecular complexity index is 1390. The van der Waals surface area contributed by atoms with Gasteiger partial charge in [0.25, 0.3) is 0 Å². The third-order valence-corrected chi connectivity index (χ3v) is 8.82. The van der Waals surface area contributed by atoms with Crippen LogP contribution in [0.1, 0.15) is 24.0 Å². The average molecular weight is 487 g/mol. The number of hydrogen-bond acceptors (Lipinski definition) is 6. The van der Waals surface area contributed by atoms with Crippen LogP contribution in [0, 0.1) is 0 Å². The van der Waals surface area contributed by atoms with Gasteiger partial charge in [0, 0.05) is 23.5 Å². The van der Waals surface area contributed by atoms with Crippen molar-refractivity contribution in [2.24, 2.45) is 0 Å². The molecule has 0 aliphatic carbocycles. The molecule has 1 heterocycles. The number of rotatable bonds is 6. The fraction of sp³-hybridized carbons (Fsp3) is 0.143. The van der Waals surface area contributed by atoms with Crippen LogP contribution in [0.25, 0.3) is 0 Å². The lowest BCUT2D eigenvalue weighted by Crippen LogP contribution is -2.33. The average Bonchev–Trinajstić information content (AvgIpc) is 3.15. The number of benzene rings is 4. The second-order valence-electron chi connectivity index (χ2n) is 8.65. The van der Waals surface area contributed by atoms with Crippen molar-refractivity contribution in [1.29, 1.82) is 0 Å². The van der Waals surface area contributed by atoms with Crippen LogP contribution in [-0.4, -0.2) is 14.2 Å². The van der Waals surface area contributed by atoms with Crippen molar-refractivity contribution in [1.82, 2.24) is 0 Å². The van der Waals surface area contributed by atoms with E-state index >= 15 is 0 Å². The zero-order valence-corrected chi connectivity index (χ0v) is 19.9. The first-order valence-electron chi connectivity index (χ1n) is 11.4. The van der Waals surface area contributed by atoms with E-state index in [-0.39, 0.29) is 5.75 Å². The van der Waals surface area contributed by atoms with Gasteiger partial charge >= 0.3 is 0 Å². The third-order valence-electron chi connectivity index (χ3n) is 6.26. The molecule has 5 rings (SSSR count). The number of sulfone groups is 1. The van der Waals surface area contributed by atoms with Gasteiger partial charge in [-0.25, -0.2) is 8.42 Å². The summed E-state index contributed by atoms with van der Waals surface area (Å²) < 4.78 is 38.0. The van der Waals surface area contributed by atoms with Gasteiger partial charge in [-0.15, -0.1) is 0 Å². The van der Waals surface area contributed by atoms with Crippen molar-refractivity contribution < 1.29 is 17.9 Å². The molecule has 0 aromatic heterocycles. The molecule has 1 aliphatic rings. The Labute approximate surface area is 205 Å². The van der Waals surface area contributed by atoms with Crippen LogP contribution in [0.5, 0.6) is 23.0 Å². The maximum atomic E-state index is 13.6. The number of hydrogen-bond donors (Lipinski definition) is 2. The summed E-state index contributed by atoms with van der Waals surface area (Å²) in [5.74, 6) is 2.38. The Balaban J connectivity index is 1.56. The molecule has 0 unspecified atom stereocenters. The maximum Gasteiger partial charge on any atom is 0.164 e. The van der Waals surface area contributed by atoms with Crippen molar-refractivity contribution in [2.75, 3.05) is 17.2 Å². The summed E-state index contributed by atoms with van der Waals surface area (Å²) in [5.41, 5.74) is 14.3. The fourth-order valence-corrected chi connectivity index (χ4v) is 7.01. The van der Waals surface area contributed by atoms with Gasteiger partial charge < -0.3 is 20.9 Å². The quantitative estimate of drug-likeness (QED) is 0.329.